The molecule has 3 aromatic heterocycles. The molecule has 1 unspecified atom stereocenters. The van der Waals surface area contributed by atoms with Crippen LogP contribution in [0.1, 0.15) is 42.5 Å². The number of nitrogen functional groups attached to an aromatic ring is 1. The zero-order chi connectivity index (χ0) is 26.8. The number of rotatable bonds is 6. The van der Waals surface area contributed by atoms with Crippen molar-refractivity contribution in [3.8, 4) is 11.5 Å². The number of halogens is 5. The van der Waals surface area contributed by atoms with Crippen molar-refractivity contribution in [2.75, 3.05) is 11.1 Å². The van der Waals surface area contributed by atoms with Crippen LogP contribution in [0.4, 0.5) is 33.6 Å². The first-order valence-corrected chi connectivity index (χ1v) is 11.8. The van der Waals surface area contributed by atoms with Crippen molar-refractivity contribution in [1.29, 1.82) is 0 Å². The van der Waals surface area contributed by atoms with Crippen molar-refractivity contribution < 1.29 is 26.7 Å². The monoisotopic (exact) mass is 530 g/mol. The van der Waals surface area contributed by atoms with Gasteiger partial charge in [0.1, 0.15) is 29.1 Å². The lowest BCUT2D eigenvalue weighted by atomic mass is 9.71. The molecule has 9 nitrogen and oxygen atoms in total. The molecule has 0 spiro atoms. The van der Waals surface area contributed by atoms with E-state index in [0.29, 0.717) is 18.5 Å². The predicted molar refractivity (Wildman–Crippen MR) is 124 cm³/mol. The van der Waals surface area contributed by atoms with Crippen molar-refractivity contribution >= 4 is 23.2 Å². The van der Waals surface area contributed by atoms with Gasteiger partial charge in [0, 0.05) is 6.42 Å². The highest BCUT2D eigenvalue weighted by atomic mass is 19.4. The van der Waals surface area contributed by atoms with E-state index >= 15 is 0 Å². The van der Waals surface area contributed by atoms with Crippen molar-refractivity contribution in [2.24, 2.45) is 5.92 Å². The van der Waals surface area contributed by atoms with E-state index in [1.165, 1.54) is 23.1 Å². The summed E-state index contributed by atoms with van der Waals surface area (Å²) in [7, 11) is 0. The SMILES string of the molecule is Nc1nc(-c2cn3ncnc3c(CCCC(F)(F)F)n2)nc2c1C(c1ccc(F)c(F)c1)(C1CC1)C(=O)N2. The zero-order valence-electron chi connectivity index (χ0n) is 19.6. The Morgan fingerprint density at radius 3 is 2.63 bits per heavy atom. The molecule has 4 aromatic rings. The van der Waals surface area contributed by atoms with Crippen LogP contribution in [0.5, 0.6) is 0 Å². The Bertz CT molecular complexity index is 1600. The molecule has 14 heteroatoms. The molecule has 2 aliphatic rings. The largest absolute Gasteiger partial charge is 0.389 e. The van der Waals surface area contributed by atoms with E-state index < -0.39 is 35.6 Å². The number of hydrogen-bond donors (Lipinski definition) is 2. The average molecular weight is 530 g/mol. The highest BCUT2D eigenvalue weighted by Gasteiger charge is 2.59. The van der Waals surface area contributed by atoms with E-state index in [1.807, 2.05) is 0 Å². The van der Waals surface area contributed by atoms with Gasteiger partial charge in [0.05, 0.1) is 17.5 Å². The van der Waals surface area contributed by atoms with Gasteiger partial charge in [-0.1, -0.05) is 6.07 Å². The third-order valence-electron chi connectivity index (χ3n) is 6.92. The Morgan fingerprint density at radius 1 is 1.13 bits per heavy atom. The molecule has 1 fully saturated rings. The minimum atomic E-state index is -4.31. The van der Waals surface area contributed by atoms with Gasteiger partial charge in [-0.05, 0) is 49.3 Å². The summed E-state index contributed by atoms with van der Waals surface area (Å²) in [5, 5.41) is 6.78. The number of amides is 1. The highest BCUT2D eigenvalue weighted by Crippen LogP contribution is 2.57. The number of nitrogens with two attached hydrogens (primary N) is 1. The number of aromatic nitrogens is 6. The second-order valence-electron chi connectivity index (χ2n) is 9.39. The Hall–Kier alpha value is -4.23. The number of benzene rings is 1. The number of nitrogens with zero attached hydrogens (tertiary/aromatic N) is 6. The number of anilines is 2. The number of carbonyl (C=O) groups excluding carboxylic acids is 1. The minimum Gasteiger partial charge on any atom is -0.383 e. The predicted octanol–water partition coefficient (Wildman–Crippen LogP) is 3.97. The first-order valence-electron chi connectivity index (χ1n) is 11.8. The van der Waals surface area contributed by atoms with Gasteiger partial charge in [-0.3, -0.25) is 4.79 Å². The lowest BCUT2D eigenvalue weighted by Crippen LogP contribution is -2.38. The normalized spacial score (nSPS) is 19.1. The number of carbonyl (C=O) groups is 1. The maximum atomic E-state index is 14.2. The van der Waals surface area contributed by atoms with E-state index in [0.717, 1.165) is 12.1 Å². The van der Waals surface area contributed by atoms with Gasteiger partial charge in [0.2, 0.25) is 5.91 Å². The van der Waals surface area contributed by atoms with Gasteiger partial charge in [-0.15, -0.1) is 0 Å². The fraction of sp³-hybridized carbons (Fsp3) is 0.333. The van der Waals surface area contributed by atoms with E-state index in [1.54, 1.807) is 0 Å². The van der Waals surface area contributed by atoms with Gasteiger partial charge in [0.15, 0.2) is 23.1 Å². The van der Waals surface area contributed by atoms with Crippen LogP contribution in [0.15, 0.2) is 30.7 Å². The summed E-state index contributed by atoms with van der Waals surface area (Å²) in [6.45, 7) is 0. The van der Waals surface area contributed by atoms with Gasteiger partial charge in [-0.25, -0.2) is 33.2 Å². The van der Waals surface area contributed by atoms with Crippen LogP contribution in [-0.2, 0) is 16.6 Å². The number of fused-ring (bicyclic) bond motifs is 2. The Kier molecular flexibility index (Phi) is 5.33. The average Bonchev–Trinajstić information content (AvgIpc) is 3.50. The summed E-state index contributed by atoms with van der Waals surface area (Å²) in [5.41, 5.74) is 6.22. The zero-order valence-corrected chi connectivity index (χ0v) is 19.6. The number of alkyl halides is 3. The summed E-state index contributed by atoms with van der Waals surface area (Å²) in [6.07, 6.45) is -1.48. The molecule has 1 amide bonds. The molecule has 0 radical (unpaired) electrons. The number of aryl methyl sites for hydroxylation is 1. The van der Waals surface area contributed by atoms with Crippen LogP contribution in [0.3, 0.4) is 0 Å². The fourth-order valence-electron chi connectivity index (χ4n) is 5.17. The molecular formula is C24H19F5N8O. The fourth-order valence-corrected chi connectivity index (χ4v) is 5.17. The third-order valence-corrected chi connectivity index (χ3v) is 6.92. The molecular weight excluding hydrogens is 511 g/mol. The van der Waals surface area contributed by atoms with Crippen LogP contribution in [0, 0.1) is 17.6 Å². The molecule has 1 aromatic carbocycles. The van der Waals surface area contributed by atoms with Gasteiger partial charge >= 0.3 is 6.18 Å². The van der Waals surface area contributed by atoms with Gasteiger partial charge in [0.25, 0.3) is 0 Å². The van der Waals surface area contributed by atoms with Crippen LogP contribution >= 0.6 is 0 Å². The minimum absolute atomic E-state index is 0.00732. The Balaban J connectivity index is 1.44. The van der Waals surface area contributed by atoms with E-state index in [-0.39, 0.29) is 58.7 Å². The second-order valence-corrected chi connectivity index (χ2v) is 9.39. The van der Waals surface area contributed by atoms with Gasteiger partial charge in [-0.2, -0.15) is 18.3 Å². The van der Waals surface area contributed by atoms with Crippen LogP contribution in [0.2, 0.25) is 0 Å². The molecule has 38 heavy (non-hydrogen) atoms. The van der Waals surface area contributed by atoms with Gasteiger partial charge < -0.3 is 11.1 Å². The number of nitrogens with one attached hydrogen (secondary N) is 1. The molecule has 1 atom stereocenters. The molecule has 1 aliphatic carbocycles. The standard InChI is InChI=1S/C24H19F5N8O/c25-13-6-5-12(8-14(13)26)24(11-3-4-11)17-18(30)34-19(35-20(17)36-22(24)38)16-9-37-21(31-10-32-37)15(33-16)2-1-7-23(27,28)29/h5-6,8-11H,1-4,7H2,(H3,30,34,35,36,38). The van der Waals surface area contributed by atoms with Crippen LogP contribution < -0.4 is 11.1 Å². The second kappa shape index (κ2) is 8.39. The van der Waals surface area contributed by atoms with E-state index in [4.69, 9.17) is 5.73 Å². The summed E-state index contributed by atoms with van der Waals surface area (Å²) >= 11 is 0. The smallest absolute Gasteiger partial charge is 0.383 e. The lowest BCUT2D eigenvalue weighted by Gasteiger charge is -2.28. The van der Waals surface area contributed by atoms with Crippen LogP contribution in [0.25, 0.3) is 17.2 Å². The molecule has 3 N–H and O–H groups in total. The molecule has 196 valence electrons. The molecule has 0 saturated heterocycles. The number of hydrogen-bond acceptors (Lipinski definition) is 7. The first kappa shape index (κ1) is 24.1. The van der Waals surface area contributed by atoms with E-state index in [9.17, 15) is 26.7 Å². The Morgan fingerprint density at radius 2 is 1.92 bits per heavy atom. The molecule has 1 aliphatic heterocycles. The summed E-state index contributed by atoms with van der Waals surface area (Å²) in [6, 6.07) is 3.30. The van der Waals surface area contributed by atoms with Crippen molar-refractivity contribution in [1.82, 2.24) is 29.5 Å². The van der Waals surface area contributed by atoms with Crippen molar-refractivity contribution in [3.05, 3.63) is 59.2 Å². The van der Waals surface area contributed by atoms with E-state index in [2.05, 4.69) is 30.4 Å². The summed E-state index contributed by atoms with van der Waals surface area (Å²) in [4.78, 5) is 30.8. The van der Waals surface area contributed by atoms with Crippen molar-refractivity contribution in [3.63, 3.8) is 0 Å². The van der Waals surface area contributed by atoms with Crippen LogP contribution in [-0.4, -0.2) is 41.6 Å². The van der Waals surface area contributed by atoms with Crippen molar-refractivity contribution in [2.45, 2.75) is 43.7 Å². The first-order chi connectivity index (χ1) is 18.1. The third kappa shape index (κ3) is 3.82. The summed E-state index contributed by atoms with van der Waals surface area (Å²) in [5.74, 6) is -2.77. The highest BCUT2D eigenvalue weighted by molar-refractivity contribution is 6.10. The molecule has 1 saturated carbocycles. The topological polar surface area (TPSA) is 124 Å². The Labute approximate surface area is 211 Å². The molecule has 0 bridgehead atoms. The maximum Gasteiger partial charge on any atom is 0.389 e. The molecule has 6 rings (SSSR count). The quantitative estimate of drug-likeness (QED) is 0.362. The maximum absolute atomic E-state index is 14.2. The lowest BCUT2D eigenvalue weighted by molar-refractivity contribution is -0.135. The summed E-state index contributed by atoms with van der Waals surface area (Å²) < 4.78 is 67.3. The molecule has 4 heterocycles.